The first-order chi connectivity index (χ1) is 24.8. The van der Waals surface area contributed by atoms with Gasteiger partial charge in [-0.15, -0.1) is 0 Å². The third-order valence-electron chi connectivity index (χ3n) is 12.1. The van der Waals surface area contributed by atoms with Crippen LogP contribution in [0.4, 0.5) is 5.69 Å². The van der Waals surface area contributed by atoms with Crippen LogP contribution in [-0.4, -0.2) is 87.7 Å². The minimum absolute atomic E-state index is 0.109. The van der Waals surface area contributed by atoms with Crippen molar-refractivity contribution in [2.45, 2.75) is 76.6 Å². The van der Waals surface area contributed by atoms with Gasteiger partial charge in [0.25, 0.3) is 5.91 Å². The third-order valence-corrected chi connectivity index (χ3v) is 14.3. The smallest absolute Gasteiger partial charge is 0.264 e. The van der Waals surface area contributed by atoms with E-state index in [1.807, 2.05) is 32.1 Å². The van der Waals surface area contributed by atoms with Crippen LogP contribution in [0.15, 0.2) is 65.3 Å². The van der Waals surface area contributed by atoms with E-state index in [0.29, 0.717) is 43.3 Å². The molecular formula is C41H54ClN3O6S. The zero-order chi connectivity index (χ0) is 37.1. The molecule has 3 aliphatic heterocycles. The van der Waals surface area contributed by atoms with E-state index in [0.717, 1.165) is 81.8 Å². The van der Waals surface area contributed by atoms with E-state index in [9.17, 15) is 18.3 Å². The SMILES string of the molecule is C=C1/C(=C\C(Cl)=C/C)CCC[C@]12COc1ccc3cc1N(C[C@@H]1CC[C@H]1[C@@](O)(C#CCCN1CCOCC1)/C=C/C[C@H](C)[C@@H](C)S(=O)(=O)NC3=O)C2. The average Bonchev–Trinajstić information content (AvgIpc) is 3.26. The number of amides is 1. The molecule has 3 heterocycles. The first-order valence-corrected chi connectivity index (χ1v) is 20.8. The van der Waals surface area contributed by atoms with Gasteiger partial charge in [-0.3, -0.25) is 9.69 Å². The van der Waals surface area contributed by atoms with Crippen molar-refractivity contribution in [1.29, 1.82) is 0 Å². The fraction of sp³-hybridized carbons (Fsp3) is 0.585. The van der Waals surface area contributed by atoms with Gasteiger partial charge in [-0.05, 0) is 106 Å². The van der Waals surface area contributed by atoms with E-state index in [4.69, 9.17) is 21.1 Å². The Hall–Kier alpha value is -3.07. The maximum atomic E-state index is 13.5. The highest BCUT2D eigenvalue weighted by Gasteiger charge is 2.48. The van der Waals surface area contributed by atoms with E-state index in [1.165, 1.54) is 0 Å². The van der Waals surface area contributed by atoms with Crippen molar-refractivity contribution in [3.8, 4) is 17.6 Å². The van der Waals surface area contributed by atoms with Gasteiger partial charge in [-0.1, -0.05) is 49.1 Å². The van der Waals surface area contributed by atoms with E-state index in [-0.39, 0.29) is 23.3 Å². The highest BCUT2D eigenvalue weighted by atomic mass is 35.5. The molecule has 1 aromatic rings. The van der Waals surface area contributed by atoms with Gasteiger partial charge < -0.3 is 19.5 Å². The predicted octanol–water partition coefficient (Wildman–Crippen LogP) is 6.21. The number of rotatable bonds is 3. The summed E-state index contributed by atoms with van der Waals surface area (Å²) in [5.41, 5.74) is 1.30. The Labute approximate surface area is 315 Å². The van der Waals surface area contributed by atoms with Crippen molar-refractivity contribution in [3.63, 3.8) is 0 Å². The van der Waals surface area contributed by atoms with Crippen LogP contribution in [0.25, 0.3) is 0 Å². The molecule has 1 aromatic carbocycles. The molecule has 1 saturated heterocycles. The van der Waals surface area contributed by atoms with Crippen LogP contribution in [0.5, 0.6) is 5.75 Å². The number of nitrogens with zero attached hydrogens (tertiary/aromatic N) is 2. The molecule has 0 radical (unpaired) electrons. The second-order valence-corrected chi connectivity index (χ2v) is 17.9. The number of fused-ring (bicyclic) bond motifs is 2. The number of halogens is 1. The van der Waals surface area contributed by atoms with Crippen LogP contribution >= 0.6 is 11.6 Å². The molecule has 0 unspecified atom stereocenters. The summed E-state index contributed by atoms with van der Waals surface area (Å²) < 4.78 is 41.3. The van der Waals surface area contributed by atoms with Gasteiger partial charge in [0.15, 0.2) is 0 Å². The number of anilines is 1. The van der Waals surface area contributed by atoms with E-state index in [1.54, 1.807) is 31.2 Å². The lowest BCUT2D eigenvalue weighted by Crippen LogP contribution is -2.51. The summed E-state index contributed by atoms with van der Waals surface area (Å²) in [6.45, 7) is 15.6. The minimum atomic E-state index is -4.01. The lowest BCUT2D eigenvalue weighted by atomic mass is 9.64. The molecule has 2 N–H and O–H groups in total. The van der Waals surface area contributed by atoms with Gasteiger partial charge >= 0.3 is 0 Å². The Kier molecular flexibility index (Phi) is 12.0. The van der Waals surface area contributed by atoms with Crippen molar-refractivity contribution >= 4 is 33.2 Å². The van der Waals surface area contributed by atoms with Crippen LogP contribution in [0, 0.1) is 35.0 Å². The Balaban J connectivity index is 1.38. The summed E-state index contributed by atoms with van der Waals surface area (Å²) in [6, 6.07) is 5.15. The zero-order valence-corrected chi connectivity index (χ0v) is 32.4. The topological polar surface area (TPSA) is 108 Å². The second kappa shape index (κ2) is 16.1. The normalized spacial score (nSPS) is 34.2. The molecule has 1 amide bonds. The first kappa shape index (κ1) is 38.6. The van der Waals surface area contributed by atoms with Gasteiger partial charge in [-0.25, -0.2) is 13.1 Å². The van der Waals surface area contributed by atoms with Crippen LogP contribution in [0.1, 0.15) is 76.1 Å². The summed E-state index contributed by atoms with van der Waals surface area (Å²) in [6.07, 6.45) is 13.0. The number of aliphatic hydroxyl groups is 1. The Bertz CT molecular complexity index is 1790. The van der Waals surface area contributed by atoms with Crippen LogP contribution in [-0.2, 0) is 14.8 Å². The van der Waals surface area contributed by atoms with E-state index < -0.39 is 32.2 Å². The third kappa shape index (κ3) is 8.34. The molecule has 1 spiro atoms. The number of carbonyl (C=O) groups is 1. The predicted molar refractivity (Wildman–Crippen MR) is 207 cm³/mol. The summed E-state index contributed by atoms with van der Waals surface area (Å²) in [4.78, 5) is 18.2. The number of carbonyl (C=O) groups excluding carboxylic acids is 1. The maximum absolute atomic E-state index is 13.5. The van der Waals surface area contributed by atoms with Gasteiger partial charge in [0, 0.05) is 61.1 Å². The summed E-state index contributed by atoms with van der Waals surface area (Å²) in [5.74, 6) is 6.23. The van der Waals surface area contributed by atoms with Gasteiger partial charge in [-0.2, -0.15) is 0 Å². The molecule has 11 heteroatoms. The monoisotopic (exact) mass is 751 g/mol. The lowest BCUT2D eigenvalue weighted by Gasteiger charge is -2.48. The quantitative estimate of drug-likeness (QED) is 0.278. The van der Waals surface area contributed by atoms with Crippen LogP contribution in [0.3, 0.4) is 0 Å². The minimum Gasteiger partial charge on any atom is -0.490 e. The van der Waals surface area contributed by atoms with Crippen molar-refractivity contribution < 1.29 is 27.8 Å². The summed E-state index contributed by atoms with van der Waals surface area (Å²) >= 11 is 6.49. The highest BCUT2D eigenvalue weighted by Crippen LogP contribution is 2.50. The molecule has 282 valence electrons. The molecule has 3 fully saturated rings. The largest absolute Gasteiger partial charge is 0.490 e. The first-order valence-electron chi connectivity index (χ1n) is 18.8. The standard InChI is InChI=1S/C41H54ClN3O6S/c1-5-35(42)24-32-11-9-16-40(30(32)3)27-45-26-34-12-14-36(34)41(47,17-6-7-19-44-20-22-50-23-21-44)18-8-10-29(2)31(4)52(48,49)43-39(46)33-13-15-38(51-28-40)37(45)25-33/h5,8,13,15,18,24-25,29,31,34,36,47H,3,7,9-12,14,16,19-23,26-28H2,1-2,4H3,(H,43,46)/b18-8+,32-24-,35-5+/t29-,31+,34-,36+,40-,41+/m0/s1. The number of morpholine rings is 1. The van der Waals surface area contributed by atoms with Crippen molar-refractivity contribution in [1.82, 2.24) is 9.62 Å². The average molecular weight is 752 g/mol. The van der Waals surface area contributed by atoms with Crippen LogP contribution in [0.2, 0.25) is 0 Å². The highest BCUT2D eigenvalue weighted by molar-refractivity contribution is 7.90. The molecule has 6 rings (SSSR count). The van der Waals surface area contributed by atoms with Gasteiger partial charge in [0.1, 0.15) is 11.4 Å². The summed E-state index contributed by atoms with van der Waals surface area (Å²) in [5, 5.41) is 12.2. The zero-order valence-electron chi connectivity index (χ0n) is 30.8. The number of hydrogen-bond donors (Lipinski definition) is 2. The number of sulfonamides is 1. The molecule has 52 heavy (non-hydrogen) atoms. The lowest BCUT2D eigenvalue weighted by molar-refractivity contribution is -0.00348. The van der Waals surface area contributed by atoms with Crippen molar-refractivity contribution in [2.24, 2.45) is 23.2 Å². The molecule has 2 saturated carbocycles. The number of ether oxygens (including phenoxy) is 2. The van der Waals surface area contributed by atoms with E-state index in [2.05, 4.69) is 32.9 Å². The Morgan fingerprint density at radius 2 is 2.02 bits per heavy atom. The number of allylic oxidation sites excluding steroid dienone is 5. The molecule has 5 aliphatic rings. The molecule has 0 aromatic heterocycles. The fourth-order valence-corrected chi connectivity index (χ4v) is 9.71. The van der Waals surface area contributed by atoms with Gasteiger partial charge in [0.2, 0.25) is 10.0 Å². The molecule has 2 aliphatic carbocycles. The van der Waals surface area contributed by atoms with Gasteiger partial charge in [0.05, 0.1) is 30.8 Å². The number of nitrogens with one attached hydrogen (secondary N) is 1. The molecular weight excluding hydrogens is 698 g/mol. The number of benzene rings is 1. The maximum Gasteiger partial charge on any atom is 0.264 e. The fourth-order valence-electron chi connectivity index (χ4n) is 8.30. The molecule has 2 bridgehead atoms. The van der Waals surface area contributed by atoms with E-state index >= 15 is 0 Å². The second-order valence-electron chi connectivity index (χ2n) is 15.4. The Morgan fingerprint density at radius 3 is 2.75 bits per heavy atom. The molecule has 6 atom stereocenters. The Morgan fingerprint density at radius 1 is 1.23 bits per heavy atom. The molecule has 9 nitrogen and oxygen atoms in total. The van der Waals surface area contributed by atoms with Crippen LogP contribution < -0.4 is 14.4 Å². The van der Waals surface area contributed by atoms with Crippen molar-refractivity contribution in [2.75, 3.05) is 57.4 Å². The van der Waals surface area contributed by atoms with Crippen molar-refractivity contribution in [3.05, 3.63) is 70.8 Å². The number of hydrogen-bond acceptors (Lipinski definition) is 8. The summed E-state index contributed by atoms with van der Waals surface area (Å²) in [7, 11) is -4.01.